The Morgan fingerprint density at radius 1 is 1.24 bits per heavy atom. The van der Waals surface area contributed by atoms with Gasteiger partial charge in [-0.05, 0) is 5.56 Å². The number of carboxylic acids is 1. The van der Waals surface area contributed by atoms with Crippen LogP contribution in [0, 0.1) is 0 Å². The van der Waals surface area contributed by atoms with Crippen molar-refractivity contribution in [3.8, 4) is 0 Å². The summed E-state index contributed by atoms with van der Waals surface area (Å²) < 4.78 is 4.98. The van der Waals surface area contributed by atoms with Gasteiger partial charge in [-0.3, -0.25) is 0 Å². The maximum absolute atomic E-state index is 11.1. The van der Waals surface area contributed by atoms with Gasteiger partial charge in [0.15, 0.2) is 5.60 Å². The fourth-order valence-corrected chi connectivity index (χ4v) is 1.48. The molecule has 1 aromatic carbocycles. The van der Waals surface area contributed by atoms with Gasteiger partial charge < -0.3 is 20.1 Å². The van der Waals surface area contributed by atoms with E-state index in [0.717, 1.165) is 0 Å². The van der Waals surface area contributed by atoms with Gasteiger partial charge in [-0.25, -0.2) is 4.79 Å². The van der Waals surface area contributed by atoms with Crippen LogP contribution in [0.15, 0.2) is 30.3 Å². The van der Waals surface area contributed by atoms with E-state index in [2.05, 4.69) is 0 Å². The van der Waals surface area contributed by atoms with Crippen LogP contribution >= 0.6 is 0 Å². The van der Waals surface area contributed by atoms with E-state index >= 15 is 0 Å². The van der Waals surface area contributed by atoms with Crippen molar-refractivity contribution in [3.05, 3.63) is 35.9 Å². The number of aliphatic hydroxyl groups is 2. The van der Waals surface area contributed by atoms with Crippen LogP contribution < -0.4 is 0 Å². The van der Waals surface area contributed by atoms with Gasteiger partial charge in [0.25, 0.3) is 0 Å². The topological polar surface area (TPSA) is 87.0 Å². The van der Waals surface area contributed by atoms with E-state index in [1.807, 2.05) is 0 Å². The number of hydrogen-bond donors (Lipinski definition) is 3. The quantitative estimate of drug-likeness (QED) is 0.599. The molecule has 0 saturated heterocycles. The van der Waals surface area contributed by atoms with Crippen LogP contribution in [0.1, 0.15) is 12.0 Å². The number of aliphatic carboxylic acids is 1. The molecule has 0 aliphatic heterocycles. The van der Waals surface area contributed by atoms with E-state index in [4.69, 9.17) is 14.9 Å². The highest BCUT2D eigenvalue weighted by atomic mass is 16.5. The minimum absolute atomic E-state index is 0.0631. The number of aliphatic hydroxyl groups excluding tert-OH is 1. The Morgan fingerprint density at radius 3 is 2.41 bits per heavy atom. The summed E-state index contributed by atoms with van der Waals surface area (Å²) in [4.78, 5) is 11.1. The van der Waals surface area contributed by atoms with E-state index in [1.165, 1.54) is 0 Å². The molecular formula is C12H16O5. The van der Waals surface area contributed by atoms with Gasteiger partial charge in [0.2, 0.25) is 0 Å². The lowest BCUT2D eigenvalue weighted by Gasteiger charge is -2.23. The van der Waals surface area contributed by atoms with Gasteiger partial charge in [0.05, 0.1) is 19.8 Å². The van der Waals surface area contributed by atoms with Crippen LogP contribution in [0.25, 0.3) is 0 Å². The molecule has 17 heavy (non-hydrogen) atoms. The first-order valence-electron chi connectivity index (χ1n) is 5.31. The molecule has 1 aromatic rings. The largest absolute Gasteiger partial charge is 0.479 e. The van der Waals surface area contributed by atoms with Gasteiger partial charge >= 0.3 is 5.97 Å². The van der Waals surface area contributed by atoms with Gasteiger partial charge in [0.1, 0.15) is 0 Å². The Labute approximate surface area is 99.3 Å². The second kappa shape index (κ2) is 6.34. The zero-order valence-corrected chi connectivity index (χ0v) is 9.37. The molecule has 0 heterocycles. The second-order valence-corrected chi connectivity index (χ2v) is 3.62. The maximum atomic E-state index is 11.1. The highest BCUT2D eigenvalue weighted by Gasteiger charge is 2.37. The standard InChI is InChI=1S/C12H16O5/c13-7-9-17-8-6-12(16,11(14)15)10-4-2-1-3-5-10/h1-5,13,16H,6-9H2,(H,14,15). The lowest BCUT2D eigenvalue weighted by molar-refractivity contribution is -0.162. The lowest BCUT2D eigenvalue weighted by Crippen LogP contribution is -2.36. The average molecular weight is 240 g/mol. The third-order valence-electron chi connectivity index (χ3n) is 2.45. The van der Waals surface area contributed by atoms with Gasteiger partial charge in [-0.1, -0.05) is 30.3 Å². The number of carbonyl (C=O) groups is 1. The molecule has 0 bridgehead atoms. The number of hydrogen-bond acceptors (Lipinski definition) is 4. The Morgan fingerprint density at radius 2 is 1.88 bits per heavy atom. The molecule has 1 rings (SSSR count). The summed E-state index contributed by atoms with van der Waals surface area (Å²) in [6.07, 6.45) is -0.0631. The Kier molecular flexibility index (Phi) is 5.09. The molecule has 1 unspecified atom stereocenters. The molecule has 0 aliphatic carbocycles. The molecular weight excluding hydrogens is 224 g/mol. The molecule has 5 heteroatoms. The third-order valence-corrected chi connectivity index (χ3v) is 2.45. The van der Waals surface area contributed by atoms with Gasteiger partial charge in [-0.15, -0.1) is 0 Å². The van der Waals surface area contributed by atoms with Crippen molar-refractivity contribution in [1.29, 1.82) is 0 Å². The summed E-state index contributed by atoms with van der Waals surface area (Å²) in [5.41, 5.74) is -1.63. The van der Waals surface area contributed by atoms with E-state index in [9.17, 15) is 9.90 Å². The number of ether oxygens (including phenoxy) is 1. The fraction of sp³-hybridized carbons (Fsp3) is 0.417. The predicted molar refractivity (Wildman–Crippen MR) is 60.5 cm³/mol. The molecule has 0 fully saturated rings. The average Bonchev–Trinajstić information content (AvgIpc) is 2.35. The molecule has 3 N–H and O–H groups in total. The van der Waals surface area contributed by atoms with Crippen molar-refractivity contribution in [2.75, 3.05) is 19.8 Å². The highest BCUT2D eigenvalue weighted by molar-refractivity contribution is 5.79. The van der Waals surface area contributed by atoms with Crippen molar-refractivity contribution in [2.24, 2.45) is 0 Å². The van der Waals surface area contributed by atoms with Crippen molar-refractivity contribution in [2.45, 2.75) is 12.0 Å². The van der Waals surface area contributed by atoms with Crippen molar-refractivity contribution < 1.29 is 24.9 Å². The number of benzene rings is 1. The number of rotatable bonds is 7. The normalized spacial score (nSPS) is 14.2. The predicted octanol–water partition coefficient (Wildman–Crippen LogP) is 0.358. The monoisotopic (exact) mass is 240 g/mol. The van der Waals surface area contributed by atoms with Gasteiger partial charge in [-0.2, -0.15) is 0 Å². The molecule has 0 aromatic heterocycles. The zero-order chi connectivity index (χ0) is 12.7. The minimum Gasteiger partial charge on any atom is -0.479 e. The summed E-state index contributed by atoms with van der Waals surface area (Å²) in [5.74, 6) is -1.31. The Bertz CT molecular complexity index is 351. The molecule has 0 amide bonds. The highest BCUT2D eigenvalue weighted by Crippen LogP contribution is 2.25. The zero-order valence-electron chi connectivity index (χ0n) is 9.37. The molecule has 5 nitrogen and oxygen atoms in total. The third kappa shape index (κ3) is 3.52. The molecule has 0 aliphatic rings. The smallest absolute Gasteiger partial charge is 0.340 e. The molecule has 0 saturated carbocycles. The minimum atomic E-state index is -1.95. The molecule has 94 valence electrons. The van der Waals surface area contributed by atoms with Crippen molar-refractivity contribution >= 4 is 5.97 Å². The number of carboxylic acid groups (broad SMARTS) is 1. The first-order valence-corrected chi connectivity index (χ1v) is 5.31. The van der Waals surface area contributed by atoms with E-state index in [1.54, 1.807) is 30.3 Å². The Balaban J connectivity index is 2.73. The fourth-order valence-electron chi connectivity index (χ4n) is 1.48. The Hall–Kier alpha value is -1.43. The van der Waals surface area contributed by atoms with Crippen molar-refractivity contribution in [1.82, 2.24) is 0 Å². The SMILES string of the molecule is O=C(O)C(O)(CCOCCO)c1ccccc1. The first-order chi connectivity index (χ1) is 8.11. The lowest BCUT2D eigenvalue weighted by atomic mass is 9.91. The van der Waals surface area contributed by atoms with E-state index in [-0.39, 0.29) is 26.2 Å². The second-order valence-electron chi connectivity index (χ2n) is 3.62. The summed E-state index contributed by atoms with van der Waals surface area (Å²) in [6.45, 7) is 0.0690. The summed E-state index contributed by atoms with van der Waals surface area (Å²) in [5, 5.41) is 27.7. The van der Waals surface area contributed by atoms with Crippen LogP contribution in [0.3, 0.4) is 0 Å². The first kappa shape index (κ1) is 13.6. The van der Waals surface area contributed by atoms with Crippen LogP contribution in [0.2, 0.25) is 0 Å². The van der Waals surface area contributed by atoms with Crippen LogP contribution in [0.5, 0.6) is 0 Å². The summed E-state index contributed by atoms with van der Waals surface area (Å²) in [6, 6.07) is 8.18. The van der Waals surface area contributed by atoms with Crippen LogP contribution in [-0.2, 0) is 15.1 Å². The van der Waals surface area contributed by atoms with Gasteiger partial charge in [0, 0.05) is 6.42 Å². The van der Waals surface area contributed by atoms with E-state index < -0.39 is 11.6 Å². The summed E-state index contributed by atoms with van der Waals surface area (Å²) in [7, 11) is 0. The summed E-state index contributed by atoms with van der Waals surface area (Å²) >= 11 is 0. The molecule has 0 spiro atoms. The van der Waals surface area contributed by atoms with Crippen molar-refractivity contribution in [3.63, 3.8) is 0 Å². The maximum Gasteiger partial charge on any atom is 0.340 e. The van der Waals surface area contributed by atoms with Crippen LogP contribution in [-0.4, -0.2) is 41.1 Å². The van der Waals surface area contributed by atoms with E-state index in [0.29, 0.717) is 5.56 Å². The van der Waals surface area contributed by atoms with Crippen LogP contribution in [0.4, 0.5) is 0 Å². The molecule has 0 radical (unpaired) electrons. The molecule has 1 atom stereocenters.